The molecule has 21 heavy (non-hydrogen) atoms. The number of nitrogens with one attached hydrogen (secondary N) is 1. The van der Waals surface area contributed by atoms with Crippen molar-refractivity contribution in [3.8, 4) is 5.75 Å². The van der Waals surface area contributed by atoms with Crippen molar-refractivity contribution in [3.05, 3.63) is 29.3 Å². The highest BCUT2D eigenvalue weighted by molar-refractivity contribution is 5.37. The van der Waals surface area contributed by atoms with E-state index in [1.807, 2.05) is 0 Å². The van der Waals surface area contributed by atoms with Gasteiger partial charge in [-0.05, 0) is 55.7 Å². The summed E-state index contributed by atoms with van der Waals surface area (Å²) in [6.45, 7) is 15.0. The van der Waals surface area contributed by atoms with Crippen molar-refractivity contribution in [2.45, 2.75) is 66.3 Å². The normalized spacial score (nSPS) is 13.0. The van der Waals surface area contributed by atoms with Gasteiger partial charge < -0.3 is 10.1 Å². The van der Waals surface area contributed by atoms with Gasteiger partial charge in [0.05, 0.1) is 0 Å². The molecule has 0 aliphatic heterocycles. The van der Waals surface area contributed by atoms with Crippen molar-refractivity contribution in [1.29, 1.82) is 0 Å². The Morgan fingerprint density at radius 3 is 2.38 bits per heavy atom. The molecule has 1 rings (SSSR count). The van der Waals surface area contributed by atoms with Crippen LogP contribution in [-0.4, -0.2) is 19.2 Å². The van der Waals surface area contributed by atoms with Crippen molar-refractivity contribution in [1.82, 2.24) is 5.32 Å². The number of aryl methyl sites for hydroxylation is 1. The van der Waals surface area contributed by atoms with E-state index in [9.17, 15) is 0 Å². The number of hydrogen-bond donors (Lipinski definition) is 1. The molecule has 1 atom stereocenters. The fourth-order valence-electron chi connectivity index (χ4n) is 2.28. The molecule has 0 bridgehead atoms. The molecule has 0 aliphatic carbocycles. The Balaban J connectivity index is 2.34. The number of ether oxygens (including phenoxy) is 1. The van der Waals surface area contributed by atoms with Gasteiger partial charge in [0, 0.05) is 12.6 Å². The molecule has 2 nitrogen and oxygen atoms in total. The number of rotatable bonds is 9. The molecule has 2 heteroatoms. The third-order valence-electron chi connectivity index (χ3n) is 3.91. The molecular weight excluding hydrogens is 258 g/mol. The van der Waals surface area contributed by atoms with Crippen LogP contribution in [0.2, 0.25) is 0 Å². The molecule has 0 spiro atoms. The van der Waals surface area contributed by atoms with Gasteiger partial charge in [0.2, 0.25) is 0 Å². The van der Waals surface area contributed by atoms with Gasteiger partial charge in [0.25, 0.3) is 0 Å². The van der Waals surface area contributed by atoms with Crippen LogP contribution in [0.3, 0.4) is 0 Å². The van der Waals surface area contributed by atoms with Gasteiger partial charge in [-0.2, -0.15) is 0 Å². The van der Waals surface area contributed by atoms with E-state index in [1.165, 1.54) is 24.0 Å². The zero-order chi connectivity index (χ0) is 15.8. The standard InChI is InChI=1S/C19H33NO/c1-14(2)7-9-17(6)20-11-12-21-19-13-18(15(3)4)10-8-16(19)5/h8,10,13-15,17,20H,7,9,11-12H2,1-6H3. The SMILES string of the molecule is Cc1ccc(C(C)C)cc1OCCNC(C)CCC(C)C. The maximum atomic E-state index is 5.94. The van der Waals surface area contributed by atoms with Crippen molar-refractivity contribution in [2.24, 2.45) is 5.92 Å². The molecule has 1 unspecified atom stereocenters. The molecule has 1 aromatic carbocycles. The lowest BCUT2D eigenvalue weighted by atomic mass is 10.0. The van der Waals surface area contributed by atoms with Crippen molar-refractivity contribution in [3.63, 3.8) is 0 Å². The third kappa shape index (κ3) is 6.99. The minimum absolute atomic E-state index is 0.544. The van der Waals surface area contributed by atoms with E-state index in [-0.39, 0.29) is 0 Å². The van der Waals surface area contributed by atoms with Gasteiger partial charge in [-0.15, -0.1) is 0 Å². The molecule has 0 saturated heterocycles. The maximum Gasteiger partial charge on any atom is 0.122 e. The molecule has 0 saturated carbocycles. The summed E-state index contributed by atoms with van der Waals surface area (Å²) in [5.41, 5.74) is 2.56. The zero-order valence-electron chi connectivity index (χ0n) is 14.7. The second kappa shape index (κ2) is 9.09. The molecule has 0 aromatic heterocycles. The summed E-state index contributed by atoms with van der Waals surface area (Å²) in [5.74, 6) is 2.35. The van der Waals surface area contributed by atoms with E-state index < -0.39 is 0 Å². The second-order valence-electron chi connectivity index (χ2n) is 6.85. The highest BCUT2D eigenvalue weighted by Crippen LogP contribution is 2.24. The average Bonchev–Trinajstić information content (AvgIpc) is 2.42. The van der Waals surface area contributed by atoms with Crippen LogP contribution in [0.5, 0.6) is 5.75 Å². The molecular formula is C19H33NO. The third-order valence-corrected chi connectivity index (χ3v) is 3.91. The number of benzene rings is 1. The van der Waals surface area contributed by atoms with Gasteiger partial charge in [-0.25, -0.2) is 0 Å². The van der Waals surface area contributed by atoms with Crippen LogP contribution >= 0.6 is 0 Å². The molecule has 1 N–H and O–H groups in total. The van der Waals surface area contributed by atoms with Gasteiger partial charge in [-0.3, -0.25) is 0 Å². The van der Waals surface area contributed by atoms with Crippen LogP contribution in [0.15, 0.2) is 18.2 Å². The summed E-state index contributed by atoms with van der Waals surface area (Å²) in [6.07, 6.45) is 2.52. The highest BCUT2D eigenvalue weighted by Gasteiger charge is 2.06. The first-order valence-electron chi connectivity index (χ1n) is 8.36. The van der Waals surface area contributed by atoms with E-state index in [1.54, 1.807) is 0 Å². The Hall–Kier alpha value is -1.02. The monoisotopic (exact) mass is 291 g/mol. The van der Waals surface area contributed by atoms with E-state index >= 15 is 0 Å². The van der Waals surface area contributed by atoms with Crippen molar-refractivity contribution in [2.75, 3.05) is 13.2 Å². The van der Waals surface area contributed by atoms with E-state index in [0.29, 0.717) is 12.0 Å². The van der Waals surface area contributed by atoms with Crippen LogP contribution in [0.25, 0.3) is 0 Å². The predicted octanol–water partition coefficient (Wildman–Crippen LogP) is 4.91. The lowest BCUT2D eigenvalue weighted by molar-refractivity contribution is 0.301. The largest absolute Gasteiger partial charge is 0.492 e. The van der Waals surface area contributed by atoms with Crippen LogP contribution in [0, 0.1) is 12.8 Å². The first kappa shape index (κ1) is 18.0. The quantitative estimate of drug-likeness (QED) is 0.653. The first-order chi connectivity index (χ1) is 9.90. The summed E-state index contributed by atoms with van der Waals surface area (Å²) < 4.78 is 5.94. The second-order valence-corrected chi connectivity index (χ2v) is 6.85. The predicted molar refractivity (Wildman–Crippen MR) is 92.3 cm³/mol. The summed E-state index contributed by atoms with van der Waals surface area (Å²) in [5, 5.41) is 3.54. The van der Waals surface area contributed by atoms with Crippen LogP contribution in [0.1, 0.15) is 64.5 Å². The van der Waals surface area contributed by atoms with E-state index in [0.717, 1.165) is 24.8 Å². The minimum Gasteiger partial charge on any atom is -0.492 e. The van der Waals surface area contributed by atoms with Gasteiger partial charge in [0.1, 0.15) is 12.4 Å². The number of hydrogen-bond acceptors (Lipinski definition) is 2. The maximum absolute atomic E-state index is 5.94. The molecule has 0 fully saturated rings. The Kier molecular flexibility index (Phi) is 7.81. The molecule has 0 aliphatic rings. The fraction of sp³-hybridized carbons (Fsp3) is 0.684. The molecule has 0 heterocycles. The molecule has 1 aromatic rings. The molecule has 0 amide bonds. The Bertz CT molecular complexity index is 412. The summed E-state index contributed by atoms with van der Waals surface area (Å²) in [6, 6.07) is 7.10. The zero-order valence-corrected chi connectivity index (χ0v) is 14.7. The summed E-state index contributed by atoms with van der Waals surface area (Å²) in [4.78, 5) is 0. The van der Waals surface area contributed by atoms with E-state index in [4.69, 9.17) is 4.74 Å². The summed E-state index contributed by atoms with van der Waals surface area (Å²) >= 11 is 0. The minimum atomic E-state index is 0.544. The Morgan fingerprint density at radius 1 is 1.05 bits per heavy atom. The Morgan fingerprint density at radius 2 is 1.76 bits per heavy atom. The van der Waals surface area contributed by atoms with Gasteiger partial charge in [0.15, 0.2) is 0 Å². The van der Waals surface area contributed by atoms with Crippen LogP contribution in [0.4, 0.5) is 0 Å². The molecule has 120 valence electrons. The highest BCUT2D eigenvalue weighted by atomic mass is 16.5. The van der Waals surface area contributed by atoms with Gasteiger partial charge >= 0.3 is 0 Å². The van der Waals surface area contributed by atoms with E-state index in [2.05, 4.69) is 65.1 Å². The Labute approximate surface area is 131 Å². The van der Waals surface area contributed by atoms with Crippen LogP contribution in [-0.2, 0) is 0 Å². The fourth-order valence-corrected chi connectivity index (χ4v) is 2.28. The molecule has 0 radical (unpaired) electrons. The summed E-state index contributed by atoms with van der Waals surface area (Å²) in [7, 11) is 0. The smallest absolute Gasteiger partial charge is 0.122 e. The van der Waals surface area contributed by atoms with Crippen LogP contribution < -0.4 is 10.1 Å². The topological polar surface area (TPSA) is 21.3 Å². The van der Waals surface area contributed by atoms with Crippen molar-refractivity contribution >= 4 is 0 Å². The van der Waals surface area contributed by atoms with Gasteiger partial charge in [-0.1, -0.05) is 39.8 Å². The lowest BCUT2D eigenvalue weighted by Crippen LogP contribution is -2.30. The van der Waals surface area contributed by atoms with Crippen molar-refractivity contribution < 1.29 is 4.74 Å². The lowest BCUT2D eigenvalue weighted by Gasteiger charge is -2.16. The first-order valence-corrected chi connectivity index (χ1v) is 8.36. The average molecular weight is 291 g/mol.